The van der Waals surface area contributed by atoms with Crippen molar-refractivity contribution < 1.29 is 35.5 Å². The number of pyridine rings is 1. The zero-order valence-electron chi connectivity index (χ0n) is 18.4. The first-order valence-corrected chi connectivity index (χ1v) is 11.7. The number of hydrogen-bond donors (Lipinski definition) is 1. The molecule has 1 aliphatic rings. The number of anilines is 2. The molecule has 0 spiro atoms. The Morgan fingerprint density at radius 3 is 2.57 bits per heavy atom. The molecule has 0 fully saturated rings. The third-order valence-corrected chi connectivity index (χ3v) is 6.99. The molecule has 1 aromatic heterocycles. The maximum atomic E-state index is 14.2. The summed E-state index contributed by atoms with van der Waals surface area (Å²) >= 11 is 0. The smallest absolute Gasteiger partial charge is 0.417 e. The molecule has 3 aromatic rings. The minimum absolute atomic E-state index is 0.0213. The molecule has 35 heavy (non-hydrogen) atoms. The Kier molecular flexibility index (Phi) is 6.18. The number of hydrogen-bond acceptors (Lipinski definition) is 5. The Labute approximate surface area is 198 Å². The fraction of sp³-hybridized carbons (Fsp3) is 0.217. The number of aryl methyl sites for hydroxylation is 1. The lowest BCUT2D eigenvalue weighted by atomic mass is 10.1. The molecule has 1 amide bonds. The van der Waals surface area contributed by atoms with E-state index in [1.807, 2.05) is 0 Å². The predicted octanol–water partition coefficient (Wildman–Crippen LogP) is 4.78. The highest BCUT2D eigenvalue weighted by atomic mass is 32.2. The second kappa shape index (κ2) is 8.84. The Hall–Kier alpha value is -3.67. The first-order valence-electron chi connectivity index (χ1n) is 10.3. The van der Waals surface area contributed by atoms with Gasteiger partial charge in [0.15, 0.2) is 0 Å². The summed E-state index contributed by atoms with van der Waals surface area (Å²) in [7, 11) is -4.07. The summed E-state index contributed by atoms with van der Waals surface area (Å²) in [5.41, 5.74) is -2.08. The number of carbonyl (C=O) groups excluding carboxylic acids is 1. The fourth-order valence-electron chi connectivity index (χ4n) is 3.65. The molecular formula is C23H19F4N3O4S. The van der Waals surface area contributed by atoms with Crippen LogP contribution < -0.4 is 14.4 Å². The van der Waals surface area contributed by atoms with Crippen LogP contribution in [-0.4, -0.2) is 32.0 Å². The van der Waals surface area contributed by atoms with Gasteiger partial charge in [-0.05, 0) is 49.7 Å². The van der Waals surface area contributed by atoms with E-state index in [0.29, 0.717) is 6.07 Å². The van der Waals surface area contributed by atoms with Crippen LogP contribution in [-0.2, 0) is 16.2 Å². The normalized spacial score (nSPS) is 15.8. The predicted molar refractivity (Wildman–Crippen MR) is 119 cm³/mol. The van der Waals surface area contributed by atoms with Gasteiger partial charge in [0, 0.05) is 0 Å². The topological polar surface area (TPSA) is 88.6 Å². The molecule has 0 saturated carbocycles. The lowest BCUT2D eigenvalue weighted by Gasteiger charge is -2.33. The van der Waals surface area contributed by atoms with Crippen LogP contribution in [0.3, 0.4) is 0 Å². The van der Waals surface area contributed by atoms with Gasteiger partial charge in [-0.25, -0.2) is 17.8 Å². The van der Waals surface area contributed by atoms with E-state index in [0.717, 1.165) is 28.2 Å². The van der Waals surface area contributed by atoms with Gasteiger partial charge in [0.25, 0.3) is 15.9 Å². The van der Waals surface area contributed by atoms with Gasteiger partial charge in [0.2, 0.25) is 5.88 Å². The number of aromatic nitrogens is 1. The first kappa shape index (κ1) is 24.5. The van der Waals surface area contributed by atoms with Gasteiger partial charge in [-0.3, -0.25) is 9.10 Å². The maximum Gasteiger partial charge on any atom is 0.417 e. The molecular weight excluding hydrogens is 490 g/mol. The number of benzene rings is 2. The zero-order chi connectivity index (χ0) is 25.5. The van der Waals surface area contributed by atoms with Gasteiger partial charge >= 0.3 is 6.18 Å². The molecule has 0 saturated heterocycles. The highest BCUT2D eigenvalue weighted by Gasteiger charge is 2.37. The Morgan fingerprint density at radius 1 is 1.17 bits per heavy atom. The highest BCUT2D eigenvalue weighted by Crippen LogP contribution is 2.38. The summed E-state index contributed by atoms with van der Waals surface area (Å²) in [5.74, 6) is -2.76. The number of fused-ring (bicyclic) bond motifs is 1. The SMILES string of the molecule is Cc1cccc(S(=O)(=O)N2C[C@H](C)Oc3ncc(NC(=O)c4c(F)cccc4C(F)(F)F)cc32)c1. The lowest BCUT2D eigenvalue weighted by Crippen LogP contribution is -2.42. The second-order valence-electron chi connectivity index (χ2n) is 7.94. The maximum absolute atomic E-state index is 14.2. The second-order valence-corrected chi connectivity index (χ2v) is 9.81. The van der Waals surface area contributed by atoms with Crippen LogP contribution in [0, 0.1) is 12.7 Å². The van der Waals surface area contributed by atoms with E-state index in [9.17, 15) is 30.8 Å². The number of rotatable bonds is 4. The van der Waals surface area contributed by atoms with Gasteiger partial charge in [-0.2, -0.15) is 13.2 Å². The van der Waals surface area contributed by atoms with Crippen LogP contribution in [0.1, 0.15) is 28.4 Å². The molecule has 184 valence electrons. The number of ether oxygens (including phenoxy) is 1. The third-order valence-electron chi connectivity index (χ3n) is 5.22. The average molecular weight is 509 g/mol. The summed E-state index contributed by atoms with van der Waals surface area (Å²) in [5, 5.41) is 2.18. The summed E-state index contributed by atoms with van der Waals surface area (Å²) in [6, 6.07) is 9.63. The Bertz CT molecular complexity index is 1410. The van der Waals surface area contributed by atoms with E-state index in [2.05, 4.69) is 10.3 Å². The van der Waals surface area contributed by atoms with Crippen molar-refractivity contribution >= 4 is 27.3 Å². The van der Waals surface area contributed by atoms with Gasteiger partial charge in [-0.1, -0.05) is 18.2 Å². The van der Waals surface area contributed by atoms with Gasteiger partial charge < -0.3 is 10.1 Å². The summed E-state index contributed by atoms with van der Waals surface area (Å²) in [6.45, 7) is 3.31. The van der Waals surface area contributed by atoms with Crippen LogP contribution in [0.25, 0.3) is 0 Å². The molecule has 4 rings (SSSR count). The minimum atomic E-state index is -4.97. The van der Waals surface area contributed by atoms with Gasteiger partial charge in [0.05, 0.1) is 34.5 Å². The van der Waals surface area contributed by atoms with Crippen molar-refractivity contribution in [2.45, 2.75) is 31.0 Å². The fourth-order valence-corrected chi connectivity index (χ4v) is 5.29. The largest absolute Gasteiger partial charge is 0.471 e. The van der Waals surface area contributed by atoms with Crippen LogP contribution >= 0.6 is 0 Å². The summed E-state index contributed by atoms with van der Waals surface area (Å²) in [6.07, 6.45) is -4.44. The first-order chi connectivity index (χ1) is 16.4. The standard InChI is InChI=1S/C23H19F4N3O4S/c1-13-5-3-6-16(9-13)35(32,33)30-12-14(2)34-22-19(30)10-15(11-28-22)29-21(31)20-17(23(25,26)27)7-4-8-18(20)24/h3-11,14H,12H2,1-2H3,(H,29,31)/t14-/m0/s1. The monoisotopic (exact) mass is 509 g/mol. The molecule has 1 aliphatic heterocycles. The van der Waals surface area contributed by atoms with Crippen LogP contribution in [0.4, 0.5) is 28.9 Å². The minimum Gasteiger partial charge on any atom is -0.471 e. The quantitative estimate of drug-likeness (QED) is 0.512. The van der Waals surface area contributed by atoms with Crippen LogP contribution in [0.15, 0.2) is 59.6 Å². The average Bonchev–Trinajstić information content (AvgIpc) is 2.77. The van der Waals surface area contributed by atoms with Crippen molar-refractivity contribution in [3.05, 3.63) is 77.2 Å². The van der Waals surface area contributed by atoms with Crippen molar-refractivity contribution in [2.75, 3.05) is 16.2 Å². The van der Waals surface area contributed by atoms with Crippen molar-refractivity contribution in [3.8, 4) is 5.88 Å². The van der Waals surface area contributed by atoms with E-state index in [1.165, 1.54) is 18.2 Å². The van der Waals surface area contributed by atoms with Crippen LogP contribution in [0.5, 0.6) is 5.88 Å². The number of halogens is 4. The summed E-state index contributed by atoms with van der Waals surface area (Å²) < 4.78 is 87.6. The number of alkyl halides is 3. The number of nitrogens with one attached hydrogen (secondary N) is 1. The Morgan fingerprint density at radius 2 is 1.89 bits per heavy atom. The van der Waals surface area contributed by atoms with Gasteiger partial charge in [-0.15, -0.1) is 0 Å². The molecule has 7 nitrogen and oxygen atoms in total. The zero-order valence-corrected chi connectivity index (χ0v) is 19.2. The van der Waals surface area contributed by atoms with Gasteiger partial charge in [0.1, 0.15) is 17.6 Å². The lowest BCUT2D eigenvalue weighted by molar-refractivity contribution is -0.138. The number of amides is 1. The third kappa shape index (κ3) is 4.78. The molecule has 1 N–H and O–H groups in total. The molecule has 0 unspecified atom stereocenters. The van der Waals surface area contributed by atoms with E-state index < -0.39 is 45.2 Å². The summed E-state index contributed by atoms with van der Waals surface area (Å²) in [4.78, 5) is 16.7. The van der Waals surface area contributed by atoms with E-state index >= 15 is 0 Å². The molecule has 2 aromatic carbocycles. The molecule has 1 atom stereocenters. The van der Waals surface area contributed by atoms with Crippen LogP contribution in [0.2, 0.25) is 0 Å². The molecule has 12 heteroatoms. The van der Waals surface area contributed by atoms with Crippen molar-refractivity contribution in [1.29, 1.82) is 0 Å². The van der Waals surface area contributed by atoms with Crippen molar-refractivity contribution in [2.24, 2.45) is 0 Å². The van der Waals surface area contributed by atoms with Crippen molar-refractivity contribution in [3.63, 3.8) is 0 Å². The molecule has 0 bridgehead atoms. The van der Waals surface area contributed by atoms with Crippen molar-refractivity contribution in [1.82, 2.24) is 4.98 Å². The number of carbonyl (C=O) groups is 1. The molecule has 0 aliphatic carbocycles. The Balaban J connectivity index is 1.73. The highest BCUT2D eigenvalue weighted by molar-refractivity contribution is 7.92. The number of sulfonamides is 1. The van der Waals surface area contributed by atoms with E-state index in [4.69, 9.17) is 4.74 Å². The molecule has 0 radical (unpaired) electrons. The molecule has 2 heterocycles. The van der Waals surface area contributed by atoms with E-state index in [-0.39, 0.29) is 28.7 Å². The number of nitrogens with zero attached hydrogens (tertiary/aromatic N) is 2. The van der Waals surface area contributed by atoms with E-state index in [1.54, 1.807) is 26.0 Å².